The van der Waals surface area contributed by atoms with E-state index in [0.29, 0.717) is 12.7 Å². The average Bonchev–Trinajstić information content (AvgIpc) is 2.49. The fraction of sp³-hybridized carbons (Fsp3) is 0.722. The van der Waals surface area contributed by atoms with Crippen LogP contribution in [0.5, 0.6) is 0 Å². The SMILES string of the molecule is COC1CCCCC1n1cc(COC2CCC2)cc(C)c1=O. The van der Waals surface area contributed by atoms with E-state index in [1.54, 1.807) is 7.11 Å². The second-order valence-electron chi connectivity index (χ2n) is 6.73. The summed E-state index contributed by atoms with van der Waals surface area (Å²) in [6.07, 6.45) is 10.6. The third-order valence-electron chi connectivity index (χ3n) is 5.14. The van der Waals surface area contributed by atoms with Crippen molar-refractivity contribution >= 4 is 0 Å². The largest absolute Gasteiger partial charge is 0.379 e. The molecule has 2 aliphatic rings. The molecule has 0 saturated heterocycles. The van der Waals surface area contributed by atoms with E-state index in [0.717, 1.165) is 24.0 Å². The van der Waals surface area contributed by atoms with Gasteiger partial charge in [-0.25, -0.2) is 0 Å². The van der Waals surface area contributed by atoms with Gasteiger partial charge in [-0.05, 0) is 50.7 Å². The number of hydrogen-bond acceptors (Lipinski definition) is 3. The van der Waals surface area contributed by atoms with Crippen LogP contribution in [0.4, 0.5) is 0 Å². The molecule has 4 heteroatoms. The predicted molar refractivity (Wildman–Crippen MR) is 86.2 cm³/mol. The molecule has 1 aromatic heterocycles. The average molecular weight is 305 g/mol. The molecule has 2 atom stereocenters. The van der Waals surface area contributed by atoms with E-state index in [4.69, 9.17) is 9.47 Å². The van der Waals surface area contributed by atoms with Crippen LogP contribution in [0.1, 0.15) is 62.1 Å². The Morgan fingerprint density at radius 3 is 2.64 bits per heavy atom. The topological polar surface area (TPSA) is 40.5 Å². The molecule has 0 aliphatic heterocycles. The summed E-state index contributed by atoms with van der Waals surface area (Å²) in [5.74, 6) is 0. The van der Waals surface area contributed by atoms with Gasteiger partial charge < -0.3 is 14.0 Å². The molecule has 122 valence electrons. The highest BCUT2D eigenvalue weighted by molar-refractivity contribution is 5.18. The first kappa shape index (κ1) is 15.8. The molecule has 1 heterocycles. The normalized spacial score (nSPS) is 25.9. The lowest BCUT2D eigenvalue weighted by Gasteiger charge is -2.32. The summed E-state index contributed by atoms with van der Waals surface area (Å²) in [5, 5.41) is 0. The molecule has 0 amide bonds. The summed E-state index contributed by atoms with van der Waals surface area (Å²) >= 11 is 0. The number of methoxy groups -OCH3 is 1. The first-order chi connectivity index (χ1) is 10.7. The number of ether oxygens (including phenoxy) is 2. The molecule has 1 aromatic rings. The zero-order chi connectivity index (χ0) is 15.5. The summed E-state index contributed by atoms with van der Waals surface area (Å²) in [4.78, 5) is 12.6. The lowest BCUT2D eigenvalue weighted by atomic mass is 9.92. The van der Waals surface area contributed by atoms with Gasteiger partial charge >= 0.3 is 0 Å². The van der Waals surface area contributed by atoms with Gasteiger partial charge in [0.15, 0.2) is 0 Å². The zero-order valence-corrected chi connectivity index (χ0v) is 13.7. The molecule has 2 fully saturated rings. The van der Waals surface area contributed by atoms with E-state index in [1.165, 1.54) is 32.1 Å². The maximum atomic E-state index is 12.6. The highest BCUT2D eigenvalue weighted by Crippen LogP contribution is 2.30. The Balaban J connectivity index is 1.81. The van der Waals surface area contributed by atoms with Gasteiger partial charge in [0, 0.05) is 18.9 Å². The van der Waals surface area contributed by atoms with E-state index in [2.05, 4.69) is 0 Å². The van der Waals surface area contributed by atoms with Crippen molar-refractivity contribution in [3.8, 4) is 0 Å². The van der Waals surface area contributed by atoms with Gasteiger partial charge in [-0.2, -0.15) is 0 Å². The van der Waals surface area contributed by atoms with Gasteiger partial charge in [0.05, 0.1) is 24.9 Å². The van der Waals surface area contributed by atoms with Crippen molar-refractivity contribution in [2.24, 2.45) is 0 Å². The van der Waals surface area contributed by atoms with Crippen molar-refractivity contribution < 1.29 is 9.47 Å². The molecule has 3 rings (SSSR count). The number of hydrogen-bond donors (Lipinski definition) is 0. The summed E-state index contributed by atoms with van der Waals surface area (Å²) in [5.41, 5.74) is 2.01. The number of aryl methyl sites for hydroxylation is 1. The standard InChI is InChI=1S/C18H27NO3/c1-13-10-14(12-22-15-6-5-7-15)11-19(18(13)20)16-8-3-4-9-17(16)21-2/h10-11,15-17H,3-9,12H2,1-2H3. The van der Waals surface area contributed by atoms with Crippen LogP contribution < -0.4 is 5.56 Å². The molecule has 0 bridgehead atoms. The lowest BCUT2D eigenvalue weighted by Crippen LogP contribution is -2.36. The highest BCUT2D eigenvalue weighted by atomic mass is 16.5. The molecule has 2 unspecified atom stereocenters. The second kappa shape index (κ2) is 6.97. The van der Waals surface area contributed by atoms with Gasteiger partial charge in [0.25, 0.3) is 5.56 Å². The van der Waals surface area contributed by atoms with Gasteiger partial charge in [0.2, 0.25) is 0 Å². The summed E-state index contributed by atoms with van der Waals surface area (Å²) < 4.78 is 13.4. The van der Waals surface area contributed by atoms with E-state index < -0.39 is 0 Å². The Labute approximate surface area is 132 Å². The van der Waals surface area contributed by atoms with Crippen LogP contribution in [0, 0.1) is 6.92 Å². The third-order valence-corrected chi connectivity index (χ3v) is 5.14. The zero-order valence-electron chi connectivity index (χ0n) is 13.7. The van der Waals surface area contributed by atoms with Crippen LogP contribution in [0.25, 0.3) is 0 Å². The molecule has 0 aromatic carbocycles. The van der Waals surface area contributed by atoms with E-state index >= 15 is 0 Å². The Bertz CT molecular complexity index is 562. The van der Waals surface area contributed by atoms with E-state index in [1.807, 2.05) is 23.8 Å². The third kappa shape index (κ3) is 3.28. The minimum Gasteiger partial charge on any atom is -0.379 e. The first-order valence-corrected chi connectivity index (χ1v) is 8.55. The quantitative estimate of drug-likeness (QED) is 0.837. The van der Waals surface area contributed by atoms with Crippen molar-refractivity contribution in [3.63, 3.8) is 0 Å². The Morgan fingerprint density at radius 1 is 1.18 bits per heavy atom. The monoisotopic (exact) mass is 305 g/mol. The highest BCUT2D eigenvalue weighted by Gasteiger charge is 2.27. The number of pyridine rings is 1. The Kier molecular flexibility index (Phi) is 4.99. The molecule has 2 saturated carbocycles. The smallest absolute Gasteiger partial charge is 0.253 e. The minimum absolute atomic E-state index is 0.112. The molecule has 4 nitrogen and oxygen atoms in total. The van der Waals surface area contributed by atoms with Crippen LogP contribution in [0.3, 0.4) is 0 Å². The van der Waals surface area contributed by atoms with Gasteiger partial charge in [-0.3, -0.25) is 4.79 Å². The second-order valence-corrected chi connectivity index (χ2v) is 6.73. The fourth-order valence-corrected chi connectivity index (χ4v) is 3.57. The molecular formula is C18H27NO3. The summed E-state index contributed by atoms with van der Waals surface area (Å²) in [6.45, 7) is 2.51. The van der Waals surface area contributed by atoms with Crippen LogP contribution in [-0.4, -0.2) is 23.9 Å². The molecule has 0 N–H and O–H groups in total. The summed E-state index contributed by atoms with van der Waals surface area (Å²) in [6, 6.07) is 2.14. The molecule has 0 spiro atoms. The van der Waals surface area contributed by atoms with Crippen LogP contribution in [0.2, 0.25) is 0 Å². The van der Waals surface area contributed by atoms with Crippen molar-refractivity contribution in [2.45, 2.75) is 76.7 Å². The predicted octanol–water partition coefficient (Wildman–Crippen LogP) is 3.36. The lowest BCUT2D eigenvalue weighted by molar-refractivity contribution is -0.00936. The van der Waals surface area contributed by atoms with Gasteiger partial charge in [-0.1, -0.05) is 12.8 Å². The Hall–Kier alpha value is -1.13. The van der Waals surface area contributed by atoms with E-state index in [-0.39, 0.29) is 17.7 Å². The minimum atomic E-state index is 0.112. The maximum absolute atomic E-state index is 12.6. The summed E-state index contributed by atoms with van der Waals surface area (Å²) in [7, 11) is 1.75. The Morgan fingerprint density at radius 2 is 1.95 bits per heavy atom. The van der Waals surface area contributed by atoms with Crippen molar-refractivity contribution in [1.29, 1.82) is 0 Å². The van der Waals surface area contributed by atoms with Gasteiger partial charge in [-0.15, -0.1) is 0 Å². The van der Waals surface area contributed by atoms with Crippen molar-refractivity contribution in [3.05, 3.63) is 33.7 Å². The number of nitrogens with zero attached hydrogens (tertiary/aromatic N) is 1. The maximum Gasteiger partial charge on any atom is 0.253 e. The van der Waals surface area contributed by atoms with Crippen molar-refractivity contribution in [2.75, 3.05) is 7.11 Å². The van der Waals surface area contributed by atoms with Crippen LogP contribution in [-0.2, 0) is 16.1 Å². The van der Waals surface area contributed by atoms with Crippen LogP contribution >= 0.6 is 0 Å². The fourth-order valence-electron chi connectivity index (χ4n) is 3.57. The molecule has 0 radical (unpaired) electrons. The number of rotatable bonds is 5. The molecule has 22 heavy (non-hydrogen) atoms. The first-order valence-electron chi connectivity index (χ1n) is 8.55. The number of aromatic nitrogens is 1. The molecule has 2 aliphatic carbocycles. The van der Waals surface area contributed by atoms with Crippen LogP contribution in [0.15, 0.2) is 17.1 Å². The van der Waals surface area contributed by atoms with Crippen molar-refractivity contribution in [1.82, 2.24) is 4.57 Å². The van der Waals surface area contributed by atoms with E-state index in [9.17, 15) is 4.79 Å². The van der Waals surface area contributed by atoms with Gasteiger partial charge in [0.1, 0.15) is 0 Å². The molecular weight excluding hydrogens is 278 g/mol.